The van der Waals surface area contributed by atoms with E-state index in [2.05, 4.69) is 255 Å². The molecule has 0 radical (unpaired) electrons. The van der Waals surface area contributed by atoms with Crippen molar-refractivity contribution in [3.05, 3.63) is 290 Å². The quantitative estimate of drug-likeness (QED) is 0.156. The summed E-state index contributed by atoms with van der Waals surface area (Å²) in [6, 6.07) is 104. The monoisotopic (exact) mass is 1060 g/mol. The molecule has 384 valence electrons. The van der Waals surface area contributed by atoms with Crippen LogP contribution in [0.5, 0.6) is 0 Å². The second-order valence-corrected chi connectivity index (χ2v) is 22.1. The smallest absolute Gasteiger partial charge is 0.0992 e. The molecule has 0 aromatic heterocycles. The van der Waals surface area contributed by atoms with Crippen molar-refractivity contribution in [1.82, 2.24) is 0 Å². The molecule has 0 heterocycles. The van der Waals surface area contributed by atoms with E-state index in [0.29, 0.717) is 16.7 Å². The van der Waals surface area contributed by atoms with Crippen LogP contribution in [0.15, 0.2) is 273 Å². The minimum atomic E-state index is 0.536. The number of nitrogens with zero attached hydrogens (tertiary/aromatic N) is 3. The number of hydrogen-bond donors (Lipinski definition) is 0. The third-order valence-electron chi connectivity index (χ3n) is 17.4. The van der Waals surface area contributed by atoms with Gasteiger partial charge in [0.1, 0.15) is 0 Å². The average Bonchev–Trinajstić information content (AvgIpc) is 1.50. The molecule has 0 saturated heterocycles. The fourth-order valence-corrected chi connectivity index (χ4v) is 13.5. The number of fused-ring (bicyclic) bond motifs is 18. The van der Waals surface area contributed by atoms with Crippen LogP contribution in [0.25, 0.3) is 164 Å². The van der Waals surface area contributed by atoms with Crippen LogP contribution in [0.1, 0.15) is 16.7 Å². The molecule has 0 N–H and O–H groups in total. The highest BCUT2D eigenvalue weighted by Crippen LogP contribution is 2.44. The largest absolute Gasteiger partial charge is 0.192 e. The predicted octanol–water partition coefficient (Wildman–Crippen LogP) is 21.7. The molecule has 0 spiro atoms. The summed E-state index contributed by atoms with van der Waals surface area (Å²) < 4.78 is 0. The zero-order valence-electron chi connectivity index (χ0n) is 45.3. The molecule has 16 aromatic rings. The first-order valence-corrected chi connectivity index (χ1v) is 28.3. The summed E-state index contributed by atoms with van der Waals surface area (Å²) in [6.45, 7) is 0. The Morgan fingerprint density at radius 2 is 0.298 bits per heavy atom. The lowest BCUT2D eigenvalue weighted by Gasteiger charge is -2.16. The lowest BCUT2D eigenvalue weighted by atomic mass is 9.87. The third kappa shape index (κ3) is 7.86. The molecule has 3 heteroatoms. The SMILES string of the molecule is N#Cc1cc(-c2cc(-c3cc(C#N)cc(-c4ccc5c6ccccc6c6ccccc6c5c4)c3)cc(-c3cc(C#N)cc(-c4ccc5c6ccccc6c6ccccc6c5c4)c3)c2)cc(-c2ccc3c4ccccc4c4ccccc4c3c2)c1. The molecule has 16 aromatic carbocycles. The van der Waals surface area contributed by atoms with Gasteiger partial charge in [0.15, 0.2) is 0 Å². The van der Waals surface area contributed by atoms with Crippen molar-refractivity contribution in [2.24, 2.45) is 0 Å². The Labute approximate surface area is 484 Å². The van der Waals surface area contributed by atoms with Crippen LogP contribution in [-0.4, -0.2) is 0 Å². The maximum absolute atomic E-state index is 10.8. The van der Waals surface area contributed by atoms with Gasteiger partial charge in [0.25, 0.3) is 0 Å². The second kappa shape index (κ2) is 19.3. The van der Waals surface area contributed by atoms with Crippen molar-refractivity contribution in [2.75, 3.05) is 0 Å². The first kappa shape index (κ1) is 48.3. The van der Waals surface area contributed by atoms with Gasteiger partial charge < -0.3 is 0 Å². The maximum atomic E-state index is 10.8. The zero-order valence-corrected chi connectivity index (χ0v) is 45.3. The first-order valence-electron chi connectivity index (χ1n) is 28.3. The number of hydrogen-bond acceptors (Lipinski definition) is 3. The van der Waals surface area contributed by atoms with Crippen LogP contribution >= 0.6 is 0 Å². The molecule has 0 atom stereocenters. The normalized spacial score (nSPS) is 11.5. The minimum Gasteiger partial charge on any atom is -0.192 e. The van der Waals surface area contributed by atoms with E-state index in [4.69, 9.17) is 0 Å². The molecule has 0 saturated carbocycles. The molecular formula is C81H45N3. The highest BCUT2D eigenvalue weighted by molar-refractivity contribution is 6.28. The van der Waals surface area contributed by atoms with Gasteiger partial charge in [-0.3, -0.25) is 0 Å². The van der Waals surface area contributed by atoms with E-state index in [-0.39, 0.29) is 0 Å². The second-order valence-electron chi connectivity index (χ2n) is 22.1. The van der Waals surface area contributed by atoms with Crippen molar-refractivity contribution in [2.45, 2.75) is 0 Å². The van der Waals surface area contributed by atoms with Crippen LogP contribution in [0, 0.1) is 34.0 Å². The highest BCUT2D eigenvalue weighted by Gasteiger charge is 2.18. The first-order chi connectivity index (χ1) is 41.4. The van der Waals surface area contributed by atoms with E-state index >= 15 is 0 Å². The summed E-state index contributed by atoms with van der Waals surface area (Å²) in [5.41, 5.74) is 12.6. The maximum Gasteiger partial charge on any atom is 0.0992 e. The van der Waals surface area contributed by atoms with Gasteiger partial charge in [0.2, 0.25) is 0 Å². The number of benzene rings is 16. The van der Waals surface area contributed by atoms with Crippen molar-refractivity contribution in [3.8, 4) is 85.0 Å². The van der Waals surface area contributed by atoms with E-state index in [1.807, 2.05) is 36.4 Å². The number of nitriles is 3. The average molecular weight is 1060 g/mol. The molecule has 0 aliphatic rings. The van der Waals surface area contributed by atoms with Gasteiger partial charge in [-0.2, -0.15) is 15.8 Å². The van der Waals surface area contributed by atoms with Gasteiger partial charge in [-0.15, -0.1) is 0 Å². The molecule has 16 rings (SSSR count). The lowest BCUT2D eigenvalue weighted by Crippen LogP contribution is -1.92. The van der Waals surface area contributed by atoms with Crippen molar-refractivity contribution < 1.29 is 0 Å². The van der Waals surface area contributed by atoms with Crippen LogP contribution in [0.4, 0.5) is 0 Å². The van der Waals surface area contributed by atoms with E-state index in [1.165, 1.54) is 80.8 Å². The standard InChI is InChI=1S/C81H45N3/c82-46-49-31-55(52-25-28-76-70-19-4-1-13-64(70)67-16-7-10-22-73(67)79(76)43-52)37-58(34-49)61-40-62(59-35-50(47-83)32-56(38-59)53-26-29-77-71-20-5-2-14-65(71)68-17-8-11-23-74(68)80(77)44-53)42-63(41-61)60-36-51(48-84)33-57(39-60)54-27-30-78-72-21-6-3-15-66(72)69-18-9-12-24-75(69)81(78)45-54/h1-45H. The van der Waals surface area contributed by atoms with Crippen molar-refractivity contribution in [1.29, 1.82) is 15.8 Å². The Kier molecular flexibility index (Phi) is 11.1. The topological polar surface area (TPSA) is 71.4 Å². The summed E-state index contributed by atoms with van der Waals surface area (Å²) in [7, 11) is 0. The predicted molar refractivity (Wildman–Crippen MR) is 351 cm³/mol. The fourth-order valence-electron chi connectivity index (χ4n) is 13.5. The molecule has 0 aliphatic heterocycles. The molecule has 3 nitrogen and oxygen atoms in total. The van der Waals surface area contributed by atoms with Crippen molar-refractivity contribution >= 4 is 97.0 Å². The van der Waals surface area contributed by atoms with Crippen LogP contribution in [-0.2, 0) is 0 Å². The molecule has 0 unspecified atom stereocenters. The Balaban J connectivity index is 0.899. The van der Waals surface area contributed by atoms with Gasteiger partial charge in [0.05, 0.1) is 34.9 Å². The zero-order chi connectivity index (χ0) is 56.0. The van der Waals surface area contributed by atoms with E-state index in [1.54, 1.807) is 0 Å². The Hall–Kier alpha value is -11.7. The van der Waals surface area contributed by atoms with E-state index < -0.39 is 0 Å². The Bertz CT molecular complexity index is 4990. The number of rotatable bonds is 6. The summed E-state index contributed by atoms with van der Waals surface area (Å²) in [5, 5.41) is 53.8. The van der Waals surface area contributed by atoms with Gasteiger partial charge in [-0.1, -0.05) is 182 Å². The molecule has 0 aliphatic carbocycles. The summed E-state index contributed by atoms with van der Waals surface area (Å²) in [5.74, 6) is 0. The molecular weight excluding hydrogens is 1010 g/mol. The molecule has 0 amide bonds. The summed E-state index contributed by atoms with van der Waals surface area (Å²) in [6.07, 6.45) is 0. The Morgan fingerprint density at radius 1 is 0.143 bits per heavy atom. The van der Waals surface area contributed by atoms with Gasteiger partial charge >= 0.3 is 0 Å². The van der Waals surface area contributed by atoms with E-state index in [0.717, 1.165) is 82.9 Å². The molecule has 84 heavy (non-hydrogen) atoms. The molecule has 0 fully saturated rings. The van der Waals surface area contributed by atoms with Crippen LogP contribution in [0.3, 0.4) is 0 Å². The van der Waals surface area contributed by atoms with Crippen LogP contribution < -0.4 is 0 Å². The van der Waals surface area contributed by atoms with Gasteiger partial charge in [-0.25, -0.2) is 0 Å². The van der Waals surface area contributed by atoms with Crippen LogP contribution in [0.2, 0.25) is 0 Å². The fraction of sp³-hybridized carbons (Fsp3) is 0. The summed E-state index contributed by atoms with van der Waals surface area (Å²) >= 11 is 0. The highest BCUT2D eigenvalue weighted by atomic mass is 14.3. The van der Waals surface area contributed by atoms with Crippen molar-refractivity contribution in [3.63, 3.8) is 0 Å². The van der Waals surface area contributed by atoms with Gasteiger partial charge in [0, 0.05) is 0 Å². The van der Waals surface area contributed by atoms with E-state index in [9.17, 15) is 15.8 Å². The summed E-state index contributed by atoms with van der Waals surface area (Å²) in [4.78, 5) is 0. The van der Waals surface area contributed by atoms with Gasteiger partial charge in [-0.05, 0) is 255 Å². The third-order valence-corrected chi connectivity index (χ3v) is 17.4. The minimum absolute atomic E-state index is 0.536. The molecule has 0 bridgehead atoms. The Morgan fingerprint density at radius 3 is 0.488 bits per heavy atom. The lowest BCUT2D eigenvalue weighted by molar-refractivity contribution is 1.47.